The number of nitrogens with one attached hydrogen (secondary N) is 1. The maximum atomic E-state index is 13.0. The van der Waals surface area contributed by atoms with Crippen molar-refractivity contribution >= 4 is 40.9 Å². The maximum absolute atomic E-state index is 13.0. The van der Waals surface area contributed by atoms with Crippen molar-refractivity contribution in [2.45, 2.75) is 23.9 Å². The van der Waals surface area contributed by atoms with Crippen molar-refractivity contribution in [3.05, 3.63) is 75.3 Å². The van der Waals surface area contributed by atoms with Gasteiger partial charge in [0.2, 0.25) is 0 Å². The van der Waals surface area contributed by atoms with E-state index >= 15 is 0 Å². The molecule has 3 rings (SSSR count). The minimum Gasteiger partial charge on any atom is -0.342 e. The highest BCUT2D eigenvalue weighted by molar-refractivity contribution is 7.98. The second-order valence-corrected chi connectivity index (χ2v) is 7.90. The number of thioether (sulfide) groups is 1. The number of benzene rings is 2. The fourth-order valence-electron chi connectivity index (χ4n) is 2.54. The van der Waals surface area contributed by atoms with Gasteiger partial charge in [-0.2, -0.15) is 0 Å². The van der Waals surface area contributed by atoms with Gasteiger partial charge in [0.1, 0.15) is 5.82 Å². The third-order valence-corrected chi connectivity index (χ3v) is 5.90. The van der Waals surface area contributed by atoms with Gasteiger partial charge in [-0.25, -0.2) is 4.39 Å². The fourth-order valence-corrected chi connectivity index (χ4v) is 3.71. The van der Waals surface area contributed by atoms with Crippen molar-refractivity contribution < 1.29 is 9.18 Å². The molecule has 9 heteroatoms. The Bertz CT molecular complexity index is 994. The van der Waals surface area contributed by atoms with E-state index in [1.807, 2.05) is 18.5 Å². The first kappa shape index (κ1) is 20.6. The van der Waals surface area contributed by atoms with Crippen LogP contribution in [0.25, 0.3) is 0 Å². The minimum absolute atomic E-state index is 0.263. The average molecular weight is 439 g/mol. The number of carbonyl (C=O) groups is 1. The molecule has 0 radical (unpaired) electrons. The zero-order chi connectivity index (χ0) is 20.3. The summed E-state index contributed by atoms with van der Waals surface area (Å²) in [4.78, 5) is 12.4. The van der Waals surface area contributed by atoms with E-state index in [0.29, 0.717) is 32.3 Å². The van der Waals surface area contributed by atoms with Crippen LogP contribution < -0.4 is 5.32 Å². The molecule has 1 N–H and O–H groups in total. The van der Waals surface area contributed by atoms with Crippen LogP contribution in [0, 0.1) is 5.82 Å². The Morgan fingerprint density at radius 1 is 1.18 bits per heavy atom. The number of nitrogens with zero attached hydrogens (tertiary/aromatic N) is 3. The Labute approximate surface area is 176 Å². The van der Waals surface area contributed by atoms with E-state index in [2.05, 4.69) is 15.5 Å². The van der Waals surface area contributed by atoms with Crippen molar-refractivity contribution in [1.82, 2.24) is 20.1 Å². The molecule has 1 heterocycles. The highest BCUT2D eigenvalue weighted by atomic mass is 35.5. The van der Waals surface area contributed by atoms with Crippen LogP contribution in [0.4, 0.5) is 4.39 Å². The maximum Gasteiger partial charge on any atom is 0.251 e. The molecule has 0 bridgehead atoms. The Morgan fingerprint density at radius 3 is 2.57 bits per heavy atom. The average Bonchev–Trinajstić information content (AvgIpc) is 3.04. The number of halogens is 3. The van der Waals surface area contributed by atoms with Crippen LogP contribution in [0.15, 0.2) is 47.6 Å². The van der Waals surface area contributed by atoms with Crippen molar-refractivity contribution in [1.29, 1.82) is 0 Å². The summed E-state index contributed by atoms with van der Waals surface area (Å²) in [6, 6.07) is 10.7. The molecule has 0 aliphatic heterocycles. The molecular weight excluding hydrogens is 422 g/mol. The number of hydrogen-bond donors (Lipinski definition) is 1. The second kappa shape index (κ2) is 8.94. The van der Waals surface area contributed by atoms with Gasteiger partial charge < -0.3 is 9.88 Å². The molecule has 0 saturated carbocycles. The molecule has 0 fully saturated rings. The van der Waals surface area contributed by atoms with Gasteiger partial charge in [0.05, 0.1) is 16.1 Å². The number of hydrogen-bond acceptors (Lipinski definition) is 4. The summed E-state index contributed by atoms with van der Waals surface area (Å²) in [7, 11) is 1.84. The van der Waals surface area contributed by atoms with Crippen molar-refractivity contribution in [2.24, 2.45) is 7.05 Å². The minimum atomic E-state index is -0.361. The third-order valence-electron chi connectivity index (χ3n) is 4.07. The summed E-state index contributed by atoms with van der Waals surface area (Å²) in [6.07, 6.45) is 0. The summed E-state index contributed by atoms with van der Waals surface area (Å²) >= 11 is 13.3. The van der Waals surface area contributed by atoms with Crippen LogP contribution in [-0.4, -0.2) is 20.7 Å². The Hall–Kier alpha value is -2.09. The zero-order valence-corrected chi connectivity index (χ0v) is 17.4. The Kier molecular flexibility index (Phi) is 6.59. The third kappa shape index (κ3) is 4.84. The van der Waals surface area contributed by atoms with Gasteiger partial charge in [-0.1, -0.05) is 47.1 Å². The van der Waals surface area contributed by atoms with E-state index in [1.54, 1.807) is 24.3 Å². The van der Waals surface area contributed by atoms with Gasteiger partial charge >= 0.3 is 0 Å². The summed E-state index contributed by atoms with van der Waals surface area (Å²) in [5.41, 5.74) is 1.39. The number of carbonyl (C=O) groups excluding carboxylic acids is 1. The first-order valence-corrected chi connectivity index (χ1v) is 10.1. The monoisotopic (exact) mass is 438 g/mol. The quantitative estimate of drug-likeness (QED) is 0.547. The van der Waals surface area contributed by atoms with E-state index in [-0.39, 0.29) is 17.8 Å². The van der Waals surface area contributed by atoms with E-state index in [1.165, 1.54) is 30.0 Å². The predicted octanol–water partition coefficient (Wildman–Crippen LogP) is 5.04. The van der Waals surface area contributed by atoms with E-state index in [9.17, 15) is 9.18 Å². The smallest absolute Gasteiger partial charge is 0.251 e. The Balaban J connectivity index is 1.65. The lowest BCUT2D eigenvalue weighted by molar-refractivity contribution is 0.0937. The lowest BCUT2D eigenvalue weighted by Gasteiger charge is -2.14. The molecule has 1 atom stereocenters. The molecule has 3 aromatic rings. The SMILES string of the molecule is C[C@@H](NC(=O)c1ccc(Cl)c(Cl)c1)c1nnc(SCc2ccc(F)cc2)n1C. The lowest BCUT2D eigenvalue weighted by Crippen LogP contribution is -2.28. The highest BCUT2D eigenvalue weighted by Gasteiger charge is 2.19. The van der Waals surface area contributed by atoms with E-state index < -0.39 is 0 Å². The first-order valence-electron chi connectivity index (χ1n) is 8.37. The van der Waals surface area contributed by atoms with Gasteiger partial charge in [-0.3, -0.25) is 4.79 Å². The van der Waals surface area contributed by atoms with Gasteiger partial charge in [-0.15, -0.1) is 10.2 Å². The molecule has 0 aliphatic rings. The van der Waals surface area contributed by atoms with Crippen LogP contribution in [0.1, 0.15) is 34.7 Å². The van der Waals surface area contributed by atoms with Gasteiger partial charge in [-0.05, 0) is 42.8 Å². The van der Waals surface area contributed by atoms with Gasteiger partial charge in [0.15, 0.2) is 11.0 Å². The zero-order valence-electron chi connectivity index (χ0n) is 15.1. The number of aromatic nitrogens is 3. The molecule has 2 aromatic carbocycles. The van der Waals surface area contributed by atoms with Crippen LogP contribution in [0.2, 0.25) is 10.0 Å². The number of rotatable bonds is 6. The van der Waals surface area contributed by atoms with E-state index in [4.69, 9.17) is 23.2 Å². The molecule has 0 saturated heterocycles. The normalized spacial score (nSPS) is 12.0. The van der Waals surface area contributed by atoms with Crippen molar-refractivity contribution in [2.75, 3.05) is 0 Å². The molecule has 1 amide bonds. The molecule has 0 spiro atoms. The molecule has 28 heavy (non-hydrogen) atoms. The first-order chi connectivity index (χ1) is 13.3. The second-order valence-electron chi connectivity index (χ2n) is 6.14. The summed E-state index contributed by atoms with van der Waals surface area (Å²) in [5.74, 6) is 0.710. The standard InChI is InChI=1S/C19H17Cl2FN4OS/c1-11(23-18(27)13-5-8-15(20)16(21)9-13)17-24-25-19(26(17)2)28-10-12-3-6-14(22)7-4-12/h3-9,11H,10H2,1-2H3,(H,23,27)/t11-/m1/s1. The molecular formula is C19H17Cl2FN4OS. The van der Waals surface area contributed by atoms with Crippen molar-refractivity contribution in [3.8, 4) is 0 Å². The van der Waals surface area contributed by atoms with Crippen LogP contribution >= 0.6 is 35.0 Å². The molecule has 146 valence electrons. The largest absolute Gasteiger partial charge is 0.342 e. The summed E-state index contributed by atoms with van der Waals surface area (Å²) in [6.45, 7) is 1.83. The molecule has 0 unspecified atom stereocenters. The summed E-state index contributed by atoms with van der Waals surface area (Å²) < 4.78 is 14.8. The van der Waals surface area contributed by atoms with Crippen LogP contribution in [0.3, 0.4) is 0 Å². The number of amides is 1. The summed E-state index contributed by atoms with van der Waals surface area (Å²) in [5, 5.41) is 12.7. The van der Waals surface area contributed by atoms with E-state index in [0.717, 1.165) is 5.56 Å². The van der Waals surface area contributed by atoms with Crippen LogP contribution in [-0.2, 0) is 12.8 Å². The lowest BCUT2D eigenvalue weighted by atomic mass is 10.2. The molecule has 5 nitrogen and oxygen atoms in total. The van der Waals surface area contributed by atoms with Gasteiger partial charge in [0.25, 0.3) is 5.91 Å². The predicted molar refractivity (Wildman–Crippen MR) is 109 cm³/mol. The highest BCUT2D eigenvalue weighted by Crippen LogP contribution is 2.25. The fraction of sp³-hybridized carbons (Fsp3) is 0.211. The Morgan fingerprint density at radius 2 is 1.89 bits per heavy atom. The molecule has 1 aromatic heterocycles. The van der Waals surface area contributed by atoms with Gasteiger partial charge in [0, 0.05) is 18.4 Å². The topological polar surface area (TPSA) is 59.8 Å². The van der Waals surface area contributed by atoms with Crippen LogP contribution in [0.5, 0.6) is 0 Å². The molecule has 0 aliphatic carbocycles. The van der Waals surface area contributed by atoms with Crippen molar-refractivity contribution in [3.63, 3.8) is 0 Å².